The average molecular weight is 351 g/mol. The number of carbonyl (C=O) groups is 1. The molecule has 3 rings (SSSR count). The summed E-state index contributed by atoms with van der Waals surface area (Å²) in [4.78, 5) is 13.2. The summed E-state index contributed by atoms with van der Waals surface area (Å²) >= 11 is 1.61. The van der Waals surface area contributed by atoms with Crippen LogP contribution in [0.2, 0.25) is 0 Å². The third-order valence-corrected chi connectivity index (χ3v) is 4.99. The van der Waals surface area contributed by atoms with E-state index in [1.165, 1.54) is 0 Å². The van der Waals surface area contributed by atoms with Crippen LogP contribution in [0.4, 0.5) is 0 Å². The van der Waals surface area contributed by atoms with Gasteiger partial charge in [-0.2, -0.15) is 0 Å². The molecule has 0 unspecified atom stereocenters. The summed E-state index contributed by atoms with van der Waals surface area (Å²) in [6.45, 7) is 0.154. The van der Waals surface area contributed by atoms with Crippen LogP contribution in [0.5, 0.6) is 0 Å². The lowest BCUT2D eigenvalue weighted by molar-refractivity contribution is -0.131. The molecule has 6 nitrogen and oxygen atoms in total. The van der Waals surface area contributed by atoms with E-state index < -0.39 is 12.2 Å². The number of hydrogen-bond acceptors (Lipinski definition) is 6. The summed E-state index contributed by atoms with van der Waals surface area (Å²) in [6.07, 6.45) is -0.207. The standard InChI is InChI=1S/C17H21NO5S/c19-10-14-17(21)12(7-8-22-14)18-16(20)6-4-11-3-5-13(23-11)15-2-1-9-24-15/h1-3,5,9,12,14,17,19,21H,4,6-8,10H2,(H,18,20)/t12-,14+,17-/m0/s1. The Kier molecular flexibility index (Phi) is 5.68. The fourth-order valence-electron chi connectivity index (χ4n) is 2.77. The van der Waals surface area contributed by atoms with Crippen molar-refractivity contribution in [2.24, 2.45) is 0 Å². The highest BCUT2D eigenvalue weighted by Gasteiger charge is 2.33. The van der Waals surface area contributed by atoms with Crippen molar-refractivity contribution in [3.8, 4) is 10.6 Å². The molecule has 1 fully saturated rings. The number of carbonyl (C=O) groups excluding carboxylic acids is 1. The van der Waals surface area contributed by atoms with Gasteiger partial charge in [-0.1, -0.05) is 6.07 Å². The minimum atomic E-state index is -0.887. The average Bonchev–Trinajstić information content (AvgIpc) is 3.26. The van der Waals surface area contributed by atoms with E-state index in [0.29, 0.717) is 19.4 Å². The van der Waals surface area contributed by atoms with Gasteiger partial charge in [0.1, 0.15) is 23.7 Å². The predicted octanol–water partition coefficient (Wildman–Crippen LogP) is 1.57. The zero-order chi connectivity index (χ0) is 16.9. The second-order valence-corrected chi connectivity index (χ2v) is 6.74. The molecule has 0 aliphatic carbocycles. The molecule has 24 heavy (non-hydrogen) atoms. The molecule has 0 bridgehead atoms. The summed E-state index contributed by atoms with van der Waals surface area (Å²) in [7, 11) is 0. The van der Waals surface area contributed by atoms with Gasteiger partial charge in [-0.25, -0.2) is 0 Å². The lowest BCUT2D eigenvalue weighted by Gasteiger charge is -2.34. The molecular formula is C17H21NO5S. The Hall–Kier alpha value is -1.67. The van der Waals surface area contributed by atoms with Crippen LogP contribution < -0.4 is 5.32 Å². The third-order valence-electron chi connectivity index (χ3n) is 4.10. The van der Waals surface area contributed by atoms with E-state index in [2.05, 4.69) is 5.32 Å². The molecule has 0 aromatic carbocycles. The Labute approximate surface area is 144 Å². The van der Waals surface area contributed by atoms with Crippen molar-refractivity contribution >= 4 is 17.2 Å². The van der Waals surface area contributed by atoms with Crippen molar-refractivity contribution in [3.05, 3.63) is 35.4 Å². The minimum absolute atomic E-state index is 0.147. The maximum atomic E-state index is 12.1. The van der Waals surface area contributed by atoms with Gasteiger partial charge in [-0.05, 0) is 30.0 Å². The van der Waals surface area contributed by atoms with Gasteiger partial charge >= 0.3 is 0 Å². The van der Waals surface area contributed by atoms with E-state index in [0.717, 1.165) is 16.4 Å². The Morgan fingerprint density at radius 1 is 1.38 bits per heavy atom. The van der Waals surface area contributed by atoms with Crippen LogP contribution >= 0.6 is 11.3 Å². The van der Waals surface area contributed by atoms with Crippen molar-refractivity contribution in [2.75, 3.05) is 13.2 Å². The normalized spacial score (nSPS) is 24.0. The molecule has 1 aliphatic heterocycles. The van der Waals surface area contributed by atoms with Crippen molar-refractivity contribution < 1.29 is 24.2 Å². The first kappa shape index (κ1) is 17.2. The third kappa shape index (κ3) is 4.05. The molecule has 7 heteroatoms. The van der Waals surface area contributed by atoms with E-state index in [1.807, 2.05) is 29.6 Å². The van der Waals surface area contributed by atoms with Gasteiger partial charge in [-0.15, -0.1) is 11.3 Å². The van der Waals surface area contributed by atoms with Gasteiger partial charge < -0.3 is 24.7 Å². The molecule has 1 saturated heterocycles. The summed E-state index contributed by atoms with van der Waals surface area (Å²) in [5.74, 6) is 1.42. The number of hydrogen-bond donors (Lipinski definition) is 3. The van der Waals surface area contributed by atoms with Crippen LogP contribution in [0.3, 0.4) is 0 Å². The fraction of sp³-hybridized carbons (Fsp3) is 0.471. The van der Waals surface area contributed by atoms with Crippen molar-refractivity contribution in [3.63, 3.8) is 0 Å². The van der Waals surface area contributed by atoms with Crippen molar-refractivity contribution in [2.45, 2.75) is 37.5 Å². The van der Waals surface area contributed by atoms with Gasteiger partial charge in [0.2, 0.25) is 5.91 Å². The second-order valence-electron chi connectivity index (χ2n) is 5.79. The number of ether oxygens (including phenoxy) is 1. The Morgan fingerprint density at radius 3 is 3.00 bits per heavy atom. The van der Waals surface area contributed by atoms with E-state index in [1.54, 1.807) is 11.3 Å². The topological polar surface area (TPSA) is 91.9 Å². The monoisotopic (exact) mass is 351 g/mol. The Balaban J connectivity index is 1.49. The Morgan fingerprint density at radius 2 is 2.25 bits per heavy atom. The summed E-state index contributed by atoms with van der Waals surface area (Å²) < 4.78 is 11.0. The molecule has 1 amide bonds. The molecule has 1 aliphatic rings. The van der Waals surface area contributed by atoms with Gasteiger partial charge in [0.15, 0.2) is 0 Å². The molecule has 2 aromatic rings. The summed E-state index contributed by atoms with van der Waals surface area (Å²) in [6, 6.07) is 7.36. The molecule has 0 saturated carbocycles. The van der Waals surface area contributed by atoms with Crippen LogP contribution in [0.1, 0.15) is 18.6 Å². The zero-order valence-corrected chi connectivity index (χ0v) is 14.0. The van der Waals surface area contributed by atoms with Gasteiger partial charge in [0.05, 0.1) is 17.5 Å². The van der Waals surface area contributed by atoms with E-state index in [4.69, 9.17) is 14.3 Å². The quantitative estimate of drug-likeness (QED) is 0.735. The van der Waals surface area contributed by atoms with Gasteiger partial charge in [0, 0.05) is 19.4 Å². The molecule has 2 aromatic heterocycles. The first-order chi connectivity index (χ1) is 11.7. The van der Waals surface area contributed by atoms with Crippen LogP contribution in [0.15, 0.2) is 34.1 Å². The van der Waals surface area contributed by atoms with E-state index >= 15 is 0 Å². The number of rotatable bonds is 6. The molecule has 130 valence electrons. The number of aryl methyl sites for hydroxylation is 1. The molecule has 3 heterocycles. The minimum Gasteiger partial charge on any atom is -0.460 e. The largest absolute Gasteiger partial charge is 0.460 e. The van der Waals surface area contributed by atoms with Crippen LogP contribution in [0, 0.1) is 0 Å². The first-order valence-corrected chi connectivity index (χ1v) is 8.88. The number of furan rings is 1. The highest BCUT2D eigenvalue weighted by Crippen LogP contribution is 2.27. The fourth-order valence-corrected chi connectivity index (χ4v) is 3.46. The number of thiophene rings is 1. The van der Waals surface area contributed by atoms with E-state index in [9.17, 15) is 9.90 Å². The summed E-state index contributed by atoms with van der Waals surface area (Å²) in [5, 5.41) is 24.0. The first-order valence-electron chi connectivity index (χ1n) is 8.00. The van der Waals surface area contributed by atoms with Gasteiger partial charge in [0.25, 0.3) is 0 Å². The van der Waals surface area contributed by atoms with Crippen molar-refractivity contribution in [1.29, 1.82) is 0 Å². The highest BCUT2D eigenvalue weighted by atomic mass is 32.1. The summed E-state index contributed by atoms with van der Waals surface area (Å²) in [5.41, 5.74) is 0. The number of nitrogens with one attached hydrogen (secondary N) is 1. The molecule has 3 atom stereocenters. The second kappa shape index (κ2) is 7.94. The lowest BCUT2D eigenvalue weighted by atomic mass is 9.99. The maximum absolute atomic E-state index is 12.1. The molecular weight excluding hydrogens is 330 g/mol. The Bertz CT molecular complexity index is 654. The van der Waals surface area contributed by atoms with Gasteiger partial charge in [-0.3, -0.25) is 4.79 Å². The SMILES string of the molecule is O=C(CCc1ccc(-c2cccs2)o1)N[C@H]1CCO[C@H](CO)[C@H]1O. The lowest BCUT2D eigenvalue weighted by Crippen LogP contribution is -2.54. The van der Waals surface area contributed by atoms with E-state index in [-0.39, 0.29) is 25.0 Å². The number of aliphatic hydroxyl groups is 2. The maximum Gasteiger partial charge on any atom is 0.220 e. The van der Waals surface area contributed by atoms with Crippen molar-refractivity contribution in [1.82, 2.24) is 5.32 Å². The molecule has 0 radical (unpaired) electrons. The number of amides is 1. The van der Waals surface area contributed by atoms with Crippen LogP contribution in [0.25, 0.3) is 10.6 Å². The zero-order valence-electron chi connectivity index (χ0n) is 13.2. The molecule has 3 N–H and O–H groups in total. The highest BCUT2D eigenvalue weighted by molar-refractivity contribution is 7.13. The van der Waals surface area contributed by atoms with Crippen LogP contribution in [-0.2, 0) is 16.0 Å². The van der Waals surface area contributed by atoms with Crippen LogP contribution in [-0.4, -0.2) is 47.6 Å². The predicted molar refractivity (Wildman–Crippen MR) is 89.7 cm³/mol. The molecule has 0 spiro atoms. The smallest absolute Gasteiger partial charge is 0.220 e. The number of aliphatic hydroxyl groups excluding tert-OH is 2.